The van der Waals surface area contributed by atoms with Crippen molar-refractivity contribution < 1.29 is 14.3 Å². The molecule has 0 unspecified atom stereocenters. The largest absolute Gasteiger partial charge is 0.486 e. The lowest BCUT2D eigenvalue weighted by Gasteiger charge is -2.25. The van der Waals surface area contributed by atoms with Crippen molar-refractivity contribution in [2.45, 2.75) is 37.6 Å². The molecule has 0 atom stereocenters. The third-order valence-electron chi connectivity index (χ3n) is 5.18. The van der Waals surface area contributed by atoms with Gasteiger partial charge in [-0.15, -0.1) is 11.8 Å². The topological polar surface area (TPSA) is 38.8 Å². The molecule has 2 aliphatic rings. The van der Waals surface area contributed by atoms with Crippen molar-refractivity contribution in [3.05, 3.63) is 53.1 Å². The molecule has 2 aromatic rings. The van der Waals surface area contributed by atoms with Crippen LogP contribution in [0.15, 0.2) is 41.3 Å². The minimum atomic E-state index is 0.150. The highest BCUT2D eigenvalue weighted by atomic mass is 32.2. The summed E-state index contributed by atoms with van der Waals surface area (Å²) in [5.41, 5.74) is 3.93. The fourth-order valence-electron chi connectivity index (χ4n) is 3.71. The number of thioether (sulfide) groups is 1. The van der Waals surface area contributed by atoms with E-state index >= 15 is 0 Å². The predicted molar refractivity (Wildman–Crippen MR) is 108 cm³/mol. The van der Waals surface area contributed by atoms with Crippen molar-refractivity contribution in [2.24, 2.45) is 0 Å². The summed E-state index contributed by atoms with van der Waals surface area (Å²) < 4.78 is 11.4. The summed E-state index contributed by atoms with van der Waals surface area (Å²) in [4.78, 5) is 15.9. The summed E-state index contributed by atoms with van der Waals surface area (Å²) in [6.45, 7) is 4.37. The van der Waals surface area contributed by atoms with E-state index in [0.717, 1.165) is 17.1 Å². The van der Waals surface area contributed by atoms with Gasteiger partial charge in [0.15, 0.2) is 11.5 Å². The Bertz CT molecular complexity index is 836. The number of aryl methyl sites for hydroxylation is 2. The Balaban J connectivity index is 1.40. The molecule has 4 rings (SSSR count). The molecule has 2 aromatic carbocycles. The van der Waals surface area contributed by atoms with Crippen LogP contribution < -0.4 is 9.47 Å². The molecule has 0 saturated carbocycles. The number of para-hydroxylation sites is 1. The van der Waals surface area contributed by atoms with E-state index < -0.39 is 0 Å². The van der Waals surface area contributed by atoms with Crippen LogP contribution >= 0.6 is 11.8 Å². The van der Waals surface area contributed by atoms with Gasteiger partial charge in [-0.05, 0) is 55.5 Å². The molecule has 0 N–H and O–H groups in total. The molecule has 1 aliphatic heterocycles. The second kappa shape index (κ2) is 8.26. The molecule has 0 fully saturated rings. The molecule has 4 nitrogen and oxygen atoms in total. The van der Waals surface area contributed by atoms with Crippen LogP contribution in [0.25, 0.3) is 0 Å². The van der Waals surface area contributed by atoms with Crippen LogP contribution in [-0.4, -0.2) is 36.3 Å². The van der Waals surface area contributed by atoms with Crippen LogP contribution in [0.2, 0.25) is 0 Å². The number of hydrogen-bond acceptors (Lipinski definition) is 4. The summed E-state index contributed by atoms with van der Waals surface area (Å²) in [6, 6.07) is 12.5. The Morgan fingerprint density at radius 1 is 1.11 bits per heavy atom. The average Bonchev–Trinajstić information content (AvgIpc) is 3.18. The molecule has 1 heterocycles. The van der Waals surface area contributed by atoms with Gasteiger partial charge in [0.1, 0.15) is 13.2 Å². The number of carbonyl (C=O) groups excluding carboxylic acids is 1. The molecule has 0 saturated heterocycles. The molecule has 27 heavy (non-hydrogen) atoms. The van der Waals surface area contributed by atoms with Crippen molar-refractivity contribution in [2.75, 3.05) is 25.5 Å². The van der Waals surface area contributed by atoms with Crippen molar-refractivity contribution in [1.82, 2.24) is 4.90 Å². The van der Waals surface area contributed by atoms with Crippen molar-refractivity contribution in [1.29, 1.82) is 0 Å². The maximum Gasteiger partial charge on any atom is 0.233 e. The summed E-state index contributed by atoms with van der Waals surface area (Å²) in [7, 11) is 0. The van der Waals surface area contributed by atoms with E-state index in [2.05, 4.69) is 18.2 Å². The minimum Gasteiger partial charge on any atom is -0.486 e. The maximum atomic E-state index is 12.8. The second-order valence-electron chi connectivity index (χ2n) is 6.92. The second-order valence-corrected chi connectivity index (χ2v) is 7.97. The molecule has 1 aliphatic carbocycles. The van der Waals surface area contributed by atoms with Crippen LogP contribution in [0.4, 0.5) is 0 Å². The highest BCUT2D eigenvalue weighted by molar-refractivity contribution is 8.00. The standard InChI is InChI=1S/C22H25NO3S/c1-2-23(14-18-7-4-8-20-22(18)26-12-11-25-20)21(24)15-27-19-10-9-16-5-3-6-17(16)13-19/h4,7-10,13H,2-3,5-6,11-12,14-15H2,1H3. The number of carbonyl (C=O) groups is 1. The zero-order chi connectivity index (χ0) is 18.6. The van der Waals surface area contributed by atoms with E-state index in [0.29, 0.717) is 32.1 Å². The monoisotopic (exact) mass is 383 g/mol. The van der Waals surface area contributed by atoms with Gasteiger partial charge in [0.2, 0.25) is 5.91 Å². The normalized spacial score (nSPS) is 14.7. The van der Waals surface area contributed by atoms with Crippen LogP contribution in [0.3, 0.4) is 0 Å². The first-order valence-corrected chi connectivity index (χ1v) is 10.6. The molecule has 0 spiro atoms. The lowest BCUT2D eigenvalue weighted by Crippen LogP contribution is -2.32. The lowest BCUT2D eigenvalue weighted by atomic mass is 10.1. The number of ether oxygens (including phenoxy) is 2. The van der Waals surface area contributed by atoms with Gasteiger partial charge in [0, 0.05) is 23.5 Å². The molecule has 142 valence electrons. The Kier molecular flexibility index (Phi) is 5.58. The number of benzene rings is 2. The molecular formula is C22H25NO3S. The fraction of sp³-hybridized carbons (Fsp3) is 0.409. The fourth-order valence-corrected chi connectivity index (χ4v) is 4.58. The number of nitrogens with zero attached hydrogens (tertiary/aromatic N) is 1. The van der Waals surface area contributed by atoms with Crippen molar-refractivity contribution in [3.63, 3.8) is 0 Å². The number of fused-ring (bicyclic) bond motifs is 2. The van der Waals surface area contributed by atoms with E-state index in [9.17, 15) is 4.79 Å². The summed E-state index contributed by atoms with van der Waals surface area (Å²) in [5.74, 6) is 2.16. The quantitative estimate of drug-likeness (QED) is 0.705. The Morgan fingerprint density at radius 2 is 1.96 bits per heavy atom. The van der Waals surface area contributed by atoms with Gasteiger partial charge in [-0.2, -0.15) is 0 Å². The van der Waals surface area contributed by atoms with Gasteiger partial charge < -0.3 is 14.4 Å². The number of hydrogen-bond donors (Lipinski definition) is 0. The molecule has 5 heteroatoms. The van der Waals surface area contributed by atoms with Gasteiger partial charge >= 0.3 is 0 Å². The van der Waals surface area contributed by atoms with Crippen molar-refractivity contribution in [3.8, 4) is 11.5 Å². The smallest absolute Gasteiger partial charge is 0.233 e. The third-order valence-corrected chi connectivity index (χ3v) is 6.15. The van der Waals surface area contributed by atoms with E-state index in [1.54, 1.807) is 11.8 Å². The highest BCUT2D eigenvalue weighted by Gasteiger charge is 2.20. The van der Waals surface area contributed by atoms with Gasteiger partial charge in [0.25, 0.3) is 0 Å². The average molecular weight is 384 g/mol. The zero-order valence-electron chi connectivity index (χ0n) is 15.7. The predicted octanol–water partition coefficient (Wildman–Crippen LogP) is 4.09. The number of rotatable bonds is 6. The molecular weight excluding hydrogens is 358 g/mol. The van der Waals surface area contributed by atoms with E-state index in [1.807, 2.05) is 30.0 Å². The van der Waals surface area contributed by atoms with Crippen LogP contribution in [0.1, 0.15) is 30.0 Å². The van der Waals surface area contributed by atoms with Gasteiger partial charge in [0.05, 0.1) is 5.75 Å². The third kappa shape index (κ3) is 4.08. The summed E-state index contributed by atoms with van der Waals surface area (Å²) in [5, 5.41) is 0. The van der Waals surface area contributed by atoms with Crippen LogP contribution in [0, 0.1) is 0 Å². The zero-order valence-corrected chi connectivity index (χ0v) is 16.5. The number of amides is 1. The maximum absolute atomic E-state index is 12.8. The first kappa shape index (κ1) is 18.2. The van der Waals surface area contributed by atoms with E-state index in [-0.39, 0.29) is 5.91 Å². The minimum absolute atomic E-state index is 0.150. The van der Waals surface area contributed by atoms with E-state index in [4.69, 9.17) is 9.47 Å². The molecule has 0 radical (unpaired) electrons. The van der Waals surface area contributed by atoms with Gasteiger partial charge in [-0.1, -0.05) is 18.2 Å². The SMILES string of the molecule is CCN(Cc1cccc2c1OCCO2)C(=O)CSc1ccc2c(c1)CCC2. The lowest BCUT2D eigenvalue weighted by molar-refractivity contribution is -0.128. The molecule has 1 amide bonds. The molecule has 0 bridgehead atoms. The Hall–Kier alpha value is -2.14. The van der Waals surface area contributed by atoms with Crippen LogP contribution in [-0.2, 0) is 24.2 Å². The van der Waals surface area contributed by atoms with E-state index in [1.165, 1.54) is 35.3 Å². The highest BCUT2D eigenvalue weighted by Crippen LogP contribution is 2.34. The van der Waals surface area contributed by atoms with Crippen molar-refractivity contribution >= 4 is 17.7 Å². The first-order chi connectivity index (χ1) is 13.2. The van der Waals surface area contributed by atoms with Crippen LogP contribution in [0.5, 0.6) is 11.5 Å². The first-order valence-electron chi connectivity index (χ1n) is 9.64. The summed E-state index contributed by atoms with van der Waals surface area (Å²) in [6.07, 6.45) is 3.61. The van der Waals surface area contributed by atoms with Gasteiger partial charge in [-0.25, -0.2) is 0 Å². The van der Waals surface area contributed by atoms with Gasteiger partial charge in [-0.3, -0.25) is 4.79 Å². The molecule has 0 aromatic heterocycles. The summed E-state index contributed by atoms with van der Waals surface area (Å²) >= 11 is 1.63. The Morgan fingerprint density at radius 3 is 2.85 bits per heavy atom. The Labute approximate surface area is 164 Å².